The third kappa shape index (κ3) is 3.46. The van der Waals surface area contributed by atoms with Crippen molar-refractivity contribution in [2.24, 2.45) is 0 Å². The fourth-order valence-corrected chi connectivity index (χ4v) is 2.90. The standard InChI is InChI=1S/C19H20N2O5/c1-3-4-8-16-14(13-7-5-6-9-15(13)25-16)12-20(2)19(22)17-10-11-18(26-17)21(23)24/h5-7,9-11H,3-4,8,12H2,1-2H3. The van der Waals surface area contributed by atoms with E-state index in [0.717, 1.165) is 41.6 Å². The monoisotopic (exact) mass is 356 g/mol. The minimum Gasteiger partial charge on any atom is -0.461 e. The van der Waals surface area contributed by atoms with Crippen LogP contribution in [0.25, 0.3) is 11.0 Å². The van der Waals surface area contributed by atoms with Gasteiger partial charge in [-0.05, 0) is 18.6 Å². The first-order valence-corrected chi connectivity index (χ1v) is 8.50. The molecule has 136 valence electrons. The number of hydrogen-bond donors (Lipinski definition) is 0. The van der Waals surface area contributed by atoms with E-state index in [1.807, 2.05) is 24.3 Å². The molecule has 0 fully saturated rings. The molecule has 0 aliphatic carbocycles. The Morgan fingerprint density at radius 3 is 2.65 bits per heavy atom. The van der Waals surface area contributed by atoms with Crippen LogP contribution in [0.3, 0.4) is 0 Å². The SMILES string of the molecule is CCCCc1oc2ccccc2c1CN(C)C(=O)c1ccc([N+](=O)[O-])o1. The molecule has 7 heteroatoms. The number of benzene rings is 1. The maximum Gasteiger partial charge on any atom is 0.433 e. The number of aryl methyl sites for hydroxylation is 1. The molecule has 0 aliphatic rings. The molecule has 0 spiro atoms. The predicted octanol–water partition coefficient (Wildman–Crippen LogP) is 4.55. The smallest absolute Gasteiger partial charge is 0.433 e. The molecule has 3 rings (SSSR count). The van der Waals surface area contributed by atoms with E-state index < -0.39 is 16.7 Å². The molecule has 1 amide bonds. The Labute approximate surface area is 150 Å². The molecular formula is C19H20N2O5. The molecule has 0 saturated carbocycles. The summed E-state index contributed by atoms with van der Waals surface area (Å²) in [5.41, 5.74) is 1.76. The highest BCUT2D eigenvalue weighted by Gasteiger charge is 2.23. The van der Waals surface area contributed by atoms with Crippen LogP contribution in [0.5, 0.6) is 0 Å². The first-order chi connectivity index (χ1) is 12.5. The minimum atomic E-state index is -0.663. The highest BCUT2D eigenvalue weighted by Crippen LogP contribution is 2.28. The van der Waals surface area contributed by atoms with Crippen molar-refractivity contribution in [3.05, 3.63) is 63.6 Å². The summed E-state index contributed by atoms with van der Waals surface area (Å²) in [5, 5.41) is 11.7. The number of unbranched alkanes of at least 4 members (excludes halogenated alkanes) is 1. The third-order valence-electron chi connectivity index (χ3n) is 4.26. The van der Waals surface area contributed by atoms with Crippen LogP contribution in [0, 0.1) is 10.1 Å². The Morgan fingerprint density at radius 2 is 1.96 bits per heavy atom. The van der Waals surface area contributed by atoms with E-state index in [2.05, 4.69) is 6.92 Å². The first-order valence-electron chi connectivity index (χ1n) is 8.50. The van der Waals surface area contributed by atoms with E-state index in [9.17, 15) is 14.9 Å². The number of rotatable bonds is 7. The van der Waals surface area contributed by atoms with Crippen LogP contribution in [0.1, 0.15) is 41.6 Å². The van der Waals surface area contributed by atoms with Gasteiger partial charge >= 0.3 is 5.88 Å². The molecule has 0 N–H and O–H groups in total. The van der Waals surface area contributed by atoms with Gasteiger partial charge in [-0.3, -0.25) is 14.9 Å². The van der Waals surface area contributed by atoms with E-state index in [1.54, 1.807) is 7.05 Å². The van der Waals surface area contributed by atoms with Crippen molar-refractivity contribution < 1.29 is 18.6 Å². The second-order valence-electron chi connectivity index (χ2n) is 6.16. The lowest BCUT2D eigenvalue weighted by Gasteiger charge is -2.16. The van der Waals surface area contributed by atoms with Crippen molar-refractivity contribution in [1.82, 2.24) is 4.90 Å². The van der Waals surface area contributed by atoms with Crippen LogP contribution in [0.4, 0.5) is 5.88 Å². The zero-order valence-corrected chi connectivity index (χ0v) is 14.7. The molecule has 0 radical (unpaired) electrons. The van der Waals surface area contributed by atoms with Crippen molar-refractivity contribution in [2.75, 3.05) is 7.05 Å². The lowest BCUT2D eigenvalue weighted by atomic mass is 10.1. The van der Waals surface area contributed by atoms with Gasteiger partial charge in [-0.15, -0.1) is 0 Å². The summed E-state index contributed by atoms with van der Waals surface area (Å²) in [6, 6.07) is 10.2. The summed E-state index contributed by atoms with van der Waals surface area (Å²) >= 11 is 0. The van der Waals surface area contributed by atoms with Crippen LogP contribution in [-0.4, -0.2) is 22.8 Å². The molecule has 1 aromatic carbocycles. The Hall–Kier alpha value is -3.09. The lowest BCUT2D eigenvalue weighted by molar-refractivity contribution is -0.402. The fraction of sp³-hybridized carbons (Fsp3) is 0.316. The lowest BCUT2D eigenvalue weighted by Crippen LogP contribution is -2.26. The normalized spacial score (nSPS) is 11.0. The van der Waals surface area contributed by atoms with Crippen LogP contribution < -0.4 is 0 Å². The van der Waals surface area contributed by atoms with Crippen LogP contribution in [0.15, 0.2) is 45.2 Å². The minimum absolute atomic E-state index is 0.0536. The van der Waals surface area contributed by atoms with Gasteiger partial charge in [0.1, 0.15) is 16.3 Å². The number of nitrogens with zero attached hydrogens (tertiary/aromatic N) is 2. The summed E-state index contributed by atoms with van der Waals surface area (Å²) in [7, 11) is 1.64. The number of carbonyl (C=O) groups is 1. The summed E-state index contributed by atoms with van der Waals surface area (Å²) in [4.78, 5) is 24.1. The summed E-state index contributed by atoms with van der Waals surface area (Å²) < 4.78 is 11.0. The molecule has 2 heterocycles. The first kappa shape index (κ1) is 17.7. The molecular weight excluding hydrogens is 336 g/mol. The maximum absolute atomic E-state index is 12.5. The van der Waals surface area contributed by atoms with Gasteiger partial charge in [-0.2, -0.15) is 0 Å². The highest BCUT2D eigenvalue weighted by atomic mass is 16.6. The van der Waals surface area contributed by atoms with Crippen LogP contribution in [0.2, 0.25) is 0 Å². The van der Waals surface area contributed by atoms with E-state index >= 15 is 0 Å². The van der Waals surface area contributed by atoms with Crippen molar-refractivity contribution >= 4 is 22.8 Å². The summed E-state index contributed by atoms with van der Waals surface area (Å²) in [6.07, 6.45) is 2.84. The van der Waals surface area contributed by atoms with Crippen molar-refractivity contribution in [3.8, 4) is 0 Å². The number of furan rings is 2. The number of fused-ring (bicyclic) bond motifs is 1. The Balaban J connectivity index is 1.86. The van der Waals surface area contributed by atoms with E-state index in [4.69, 9.17) is 8.83 Å². The zero-order chi connectivity index (χ0) is 18.7. The molecule has 3 aromatic rings. The quantitative estimate of drug-likeness (QED) is 0.457. The van der Waals surface area contributed by atoms with E-state index in [0.29, 0.717) is 6.54 Å². The van der Waals surface area contributed by atoms with Gasteiger partial charge in [0, 0.05) is 31.0 Å². The fourth-order valence-electron chi connectivity index (χ4n) is 2.90. The van der Waals surface area contributed by atoms with Crippen molar-refractivity contribution in [3.63, 3.8) is 0 Å². The molecule has 0 atom stereocenters. The Kier molecular flexibility index (Phi) is 5.06. The maximum atomic E-state index is 12.5. The molecule has 7 nitrogen and oxygen atoms in total. The molecule has 0 saturated heterocycles. The summed E-state index contributed by atoms with van der Waals surface area (Å²) in [5.74, 6) is -0.0378. The van der Waals surface area contributed by atoms with Gasteiger partial charge in [0.2, 0.25) is 0 Å². The average Bonchev–Trinajstić information content (AvgIpc) is 3.25. The Bertz CT molecular complexity index is 940. The summed E-state index contributed by atoms with van der Waals surface area (Å²) in [6.45, 7) is 2.45. The highest BCUT2D eigenvalue weighted by molar-refractivity contribution is 5.92. The Morgan fingerprint density at radius 1 is 1.19 bits per heavy atom. The molecule has 0 bridgehead atoms. The van der Waals surface area contributed by atoms with Crippen molar-refractivity contribution in [2.45, 2.75) is 32.7 Å². The zero-order valence-electron chi connectivity index (χ0n) is 14.7. The number of hydrogen-bond acceptors (Lipinski definition) is 5. The van der Waals surface area contributed by atoms with Gasteiger partial charge in [0.25, 0.3) is 5.91 Å². The number of amides is 1. The second-order valence-corrected chi connectivity index (χ2v) is 6.16. The van der Waals surface area contributed by atoms with E-state index in [-0.39, 0.29) is 5.76 Å². The van der Waals surface area contributed by atoms with Gasteiger partial charge in [0.05, 0.1) is 6.07 Å². The average molecular weight is 356 g/mol. The number of nitro groups is 1. The molecule has 2 aromatic heterocycles. The van der Waals surface area contributed by atoms with Crippen molar-refractivity contribution in [1.29, 1.82) is 0 Å². The van der Waals surface area contributed by atoms with Gasteiger partial charge in [-0.25, -0.2) is 0 Å². The molecule has 0 unspecified atom stereocenters. The van der Waals surface area contributed by atoms with Gasteiger partial charge in [0.15, 0.2) is 5.76 Å². The van der Waals surface area contributed by atoms with E-state index in [1.165, 1.54) is 17.0 Å². The van der Waals surface area contributed by atoms with Gasteiger partial charge in [-0.1, -0.05) is 31.5 Å². The second kappa shape index (κ2) is 7.43. The number of carbonyl (C=O) groups excluding carboxylic acids is 1. The third-order valence-corrected chi connectivity index (χ3v) is 4.26. The largest absolute Gasteiger partial charge is 0.461 e. The molecule has 0 aliphatic heterocycles. The molecule has 26 heavy (non-hydrogen) atoms. The van der Waals surface area contributed by atoms with Gasteiger partial charge < -0.3 is 13.7 Å². The topological polar surface area (TPSA) is 89.7 Å². The number of para-hydroxylation sites is 1. The van der Waals surface area contributed by atoms with Crippen LogP contribution in [-0.2, 0) is 13.0 Å². The predicted molar refractivity (Wildman–Crippen MR) is 96.0 cm³/mol. The van der Waals surface area contributed by atoms with Crippen LogP contribution >= 0.6 is 0 Å².